The Hall–Kier alpha value is -2.38. The van der Waals surface area contributed by atoms with Gasteiger partial charge >= 0.3 is 5.76 Å². The summed E-state index contributed by atoms with van der Waals surface area (Å²) in [6, 6.07) is 7.69. The molecule has 2 heterocycles. The lowest BCUT2D eigenvalue weighted by atomic mass is 10.1. The predicted molar refractivity (Wildman–Crippen MR) is 98.0 cm³/mol. The molecule has 7 nitrogen and oxygen atoms in total. The van der Waals surface area contributed by atoms with Crippen LogP contribution >= 0.6 is 0 Å². The van der Waals surface area contributed by atoms with Gasteiger partial charge in [0.25, 0.3) is 0 Å². The minimum absolute atomic E-state index is 0.0360. The summed E-state index contributed by atoms with van der Waals surface area (Å²) < 4.78 is 11.9. The largest absolute Gasteiger partial charge is 0.419 e. The molecule has 1 aliphatic heterocycles. The Kier molecular flexibility index (Phi) is 6.25. The summed E-state index contributed by atoms with van der Waals surface area (Å²) in [7, 11) is 0. The lowest BCUT2D eigenvalue weighted by Gasteiger charge is -2.26. The molecule has 26 heavy (non-hydrogen) atoms. The highest BCUT2D eigenvalue weighted by Crippen LogP contribution is 2.18. The van der Waals surface area contributed by atoms with Crippen molar-refractivity contribution >= 4 is 5.91 Å². The van der Waals surface area contributed by atoms with E-state index in [-0.39, 0.29) is 12.5 Å². The molecule has 0 saturated carbocycles. The van der Waals surface area contributed by atoms with E-state index >= 15 is 0 Å². The molecule has 0 spiro atoms. The number of hydrogen-bond acceptors (Lipinski definition) is 5. The summed E-state index contributed by atoms with van der Waals surface area (Å²) >= 11 is 0. The van der Waals surface area contributed by atoms with E-state index in [1.54, 1.807) is 6.20 Å². The highest BCUT2D eigenvalue weighted by Gasteiger charge is 2.12. The van der Waals surface area contributed by atoms with Gasteiger partial charge in [-0.1, -0.05) is 29.8 Å². The molecule has 1 aliphatic rings. The van der Waals surface area contributed by atoms with Crippen molar-refractivity contribution in [1.29, 1.82) is 0 Å². The number of hydrogen-bond donors (Lipinski definition) is 1. The van der Waals surface area contributed by atoms with Gasteiger partial charge in [-0.3, -0.25) is 14.3 Å². The molecule has 1 aromatic carbocycles. The second kappa shape index (κ2) is 8.82. The van der Waals surface area contributed by atoms with Crippen LogP contribution in [0.25, 0.3) is 11.3 Å². The van der Waals surface area contributed by atoms with Crippen LogP contribution in [0.4, 0.5) is 0 Å². The van der Waals surface area contributed by atoms with Crippen molar-refractivity contribution in [3.05, 3.63) is 46.6 Å². The van der Waals surface area contributed by atoms with Crippen molar-refractivity contribution in [2.24, 2.45) is 0 Å². The van der Waals surface area contributed by atoms with E-state index in [1.165, 1.54) is 4.57 Å². The number of oxazole rings is 1. The number of carbonyl (C=O) groups is 1. The van der Waals surface area contributed by atoms with Gasteiger partial charge in [-0.05, 0) is 19.9 Å². The van der Waals surface area contributed by atoms with Crippen LogP contribution in [-0.2, 0) is 16.1 Å². The Balaban J connectivity index is 1.46. The maximum absolute atomic E-state index is 12.1. The Morgan fingerprint density at radius 2 is 1.92 bits per heavy atom. The zero-order valence-electron chi connectivity index (χ0n) is 15.1. The molecular weight excluding hydrogens is 334 g/mol. The van der Waals surface area contributed by atoms with Crippen molar-refractivity contribution in [3.8, 4) is 11.3 Å². The third-order valence-corrected chi connectivity index (χ3v) is 4.43. The third kappa shape index (κ3) is 5.06. The minimum atomic E-state index is -0.524. The van der Waals surface area contributed by atoms with E-state index in [0.717, 1.165) is 50.4 Å². The van der Waals surface area contributed by atoms with E-state index in [9.17, 15) is 9.59 Å². The number of rotatable bonds is 7. The maximum Gasteiger partial charge on any atom is 0.419 e. The highest BCUT2D eigenvalue weighted by molar-refractivity contribution is 5.75. The summed E-state index contributed by atoms with van der Waals surface area (Å²) in [5.41, 5.74) is 1.95. The standard InChI is InChI=1S/C19H25N3O4/c1-15-3-5-16(6-4-15)17-13-22(19(24)26-17)14-18(23)20-7-2-8-21-9-11-25-12-10-21/h3-6,13H,2,7-12,14H2,1H3,(H,20,23). The summed E-state index contributed by atoms with van der Waals surface area (Å²) in [6.45, 7) is 6.93. The van der Waals surface area contributed by atoms with Gasteiger partial charge in [0.15, 0.2) is 5.76 Å². The number of ether oxygens (including phenoxy) is 1. The van der Waals surface area contributed by atoms with Crippen molar-refractivity contribution in [3.63, 3.8) is 0 Å². The van der Waals surface area contributed by atoms with Crippen molar-refractivity contribution < 1.29 is 13.9 Å². The van der Waals surface area contributed by atoms with Gasteiger partial charge in [0.05, 0.1) is 19.4 Å². The number of carbonyl (C=O) groups excluding carboxylic acids is 1. The van der Waals surface area contributed by atoms with E-state index in [2.05, 4.69) is 10.2 Å². The van der Waals surface area contributed by atoms with Gasteiger partial charge in [-0.2, -0.15) is 0 Å². The number of nitrogens with one attached hydrogen (secondary N) is 1. The molecule has 0 radical (unpaired) electrons. The molecule has 0 unspecified atom stereocenters. The van der Waals surface area contributed by atoms with E-state index in [1.807, 2.05) is 31.2 Å². The van der Waals surface area contributed by atoms with Crippen LogP contribution in [-0.4, -0.2) is 54.8 Å². The predicted octanol–water partition coefficient (Wildman–Crippen LogP) is 1.26. The number of morpholine rings is 1. The van der Waals surface area contributed by atoms with Gasteiger partial charge in [0, 0.05) is 25.2 Å². The first kappa shape index (κ1) is 18.4. The smallest absolute Gasteiger partial charge is 0.408 e. The van der Waals surface area contributed by atoms with Crippen LogP contribution in [0.2, 0.25) is 0 Å². The number of nitrogens with zero attached hydrogens (tertiary/aromatic N) is 2. The van der Waals surface area contributed by atoms with E-state index in [0.29, 0.717) is 12.3 Å². The third-order valence-electron chi connectivity index (χ3n) is 4.43. The van der Waals surface area contributed by atoms with Gasteiger partial charge in [0.2, 0.25) is 5.91 Å². The van der Waals surface area contributed by atoms with Crippen molar-refractivity contribution in [2.45, 2.75) is 19.9 Å². The SMILES string of the molecule is Cc1ccc(-c2cn(CC(=O)NCCCN3CCOCC3)c(=O)o2)cc1. The molecular formula is C19H25N3O4. The Labute approximate surface area is 152 Å². The highest BCUT2D eigenvalue weighted by atomic mass is 16.5. The molecule has 3 rings (SSSR count). The summed E-state index contributed by atoms with van der Waals surface area (Å²) in [5, 5.41) is 2.86. The van der Waals surface area contributed by atoms with Gasteiger partial charge in [-0.25, -0.2) is 4.79 Å². The molecule has 1 fully saturated rings. The fraction of sp³-hybridized carbons (Fsp3) is 0.474. The van der Waals surface area contributed by atoms with Crippen LogP contribution in [0.3, 0.4) is 0 Å². The van der Waals surface area contributed by atoms with E-state index < -0.39 is 5.76 Å². The van der Waals surface area contributed by atoms with Crippen molar-refractivity contribution in [1.82, 2.24) is 14.8 Å². The first-order valence-electron chi connectivity index (χ1n) is 8.96. The Bertz CT molecular complexity index is 773. The Morgan fingerprint density at radius 1 is 1.19 bits per heavy atom. The number of amides is 1. The summed E-state index contributed by atoms with van der Waals surface area (Å²) in [6.07, 6.45) is 2.46. The molecule has 1 amide bonds. The maximum atomic E-state index is 12.1. The topological polar surface area (TPSA) is 76.7 Å². The van der Waals surface area contributed by atoms with Crippen LogP contribution in [0, 0.1) is 6.92 Å². The quantitative estimate of drug-likeness (QED) is 0.753. The zero-order chi connectivity index (χ0) is 18.4. The van der Waals surface area contributed by atoms with Gasteiger partial charge in [0.1, 0.15) is 6.54 Å². The normalized spacial score (nSPS) is 15.1. The molecule has 2 aromatic rings. The molecule has 140 valence electrons. The lowest BCUT2D eigenvalue weighted by molar-refractivity contribution is -0.121. The second-order valence-electron chi connectivity index (χ2n) is 6.51. The molecule has 0 bridgehead atoms. The lowest BCUT2D eigenvalue weighted by Crippen LogP contribution is -2.38. The fourth-order valence-corrected chi connectivity index (χ4v) is 2.90. The van der Waals surface area contributed by atoms with Crippen LogP contribution < -0.4 is 11.1 Å². The van der Waals surface area contributed by atoms with Crippen LogP contribution in [0.5, 0.6) is 0 Å². The first-order valence-corrected chi connectivity index (χ1v) is 8.96. The Morgan fingerprint density at radius 3 is 2.65 bits per heavy atom. The van der Waals surface area contributed by atoms with Gasteiger partial charge in [-0.15, -0.1) is 0 Å². The fourth-order valence-electron chi connectivity index (χ4n) is 2.90. The number of aromatic nitrogens is 1. The molecule has 7 heteroatoms. The van der Waals surface area contributed by atoms with Crippen LogP contribution in [0.15, 0.2) is 39.7 Å². The average Bonchev–Trinajstić information content (AvgIpc) is 3.01. The van der Waals surface area contributed by atoms with Gasteiger partial charge < -0.3 is 14.5 Å². The summed E-state index contributed by atoms with van der Waals surface area (Å²) in [5.74, 6) is -0.246. The minimum Gasteiger partial charge on any atom is -0.408 e. The molecule has 0 atom stereocenters. The molecule has 0 aliphatic carbocycles. The number of aryl methyl sites for hydroxylation is 1. The molecule has 1 saturated heterocycles. The van der Waals surface area contributed by atoms with E-state index in [4.69, 9.17) is 9.15 Å². The zero-order valence-corrected chi connectivity index (χ0v) is 15.1. The van der Waals surface area contributed by atoms with Crippen LogP contribution in [0.1, 0.15) is 12.0 Å². The molecule has 1 N–H and O–H groups in total. The average molecular weight is 359 g/mol. The monoisotopic (exact) mass is 359 g/mol. The summed E-state index contributed by atoms with van der Waals surface area (Å²) in [4.78, 5) is 26.3. The van der Waals surface area contributed by atoms with Crippen molar-refractivity contribution in [2.75, 3.05) is 39.4 Å². The number of benzene rings is 1. The molecule has 1 aromatic heterocycles. The second-order valence-corrected chi connectivity index (χ2v) is 6.51. The first-order chi connectivity index (χ1) is 12.6.